The van der Waals surface area contributed by atoms with Gasteiger partial charge < -0.3 is 14.8 Å². The topological polar surface area (TPSA) is 60.5 Å². The molecular weight excluding hydrogens is 392 g/mol. The minimum Gasteiger partial charge on any atom is -0.486 e. The Labute approximate surface area is 172 Å². The van der Waals surface area contributed by atoms with Gasteiger partial charge in [-0.05, 0) is 31.2 Å². The van der Waals surface area contributed by atoms with E-state index in [1.165, 1.54) is 0 Å². The van der Waals surface area contributed by atoms with E-state index < -0.39 is 0 Å². The fourth-order valence-electron chi connectivity index (χ4n) is 2.87. The number of hydrogen-bond acceptors (Lipinski definition) is 6. The van der Waals surface area contributed by atoms with Gasteiger partial charge in [0.15, 0.2) is 11.5 Å². The van der Waals surface area contributed by atoms with E-state index in [4.69, 9.17) is 9.47 Å². The normalized spacial score (nSPS) is 15.2. The zero-order valence-corrected chi connectivity index (χ0v) is 17.0. The second-order valence-electron chi connectivity index (χ2n) is 6.35. The van der Waals surface area contributed by atoms with Crippen LogP contribution in [0.15, 0.2) is 58.8 Å². The smallest absolute Gasteiger partial charge is 0.252 e. The van der Waals surface area contributed by atoms with Crippen molar-refractivity contribution in [2.75, 3.05) is 13.2 Å². The van der Waals surface area contributed by atoms with Crippen molar-refractivity contribution >= 4 is 29.0 Å². The maximum Gasteiger partial charge on any atom is 0.252 e. The van der Waals surface area contributed by atoms with Crippen LogP contribution in [-0.2, 0) is 5.75 Å². The lowest BCUT2D eigenvalue weighted by Crippen LogP contribution is -2.40. The van der Waals surface area contributed by atoms with Crippen molar-refractivity contribution in [3.63, 3.8) is 0 Å². The molecule has 0 saturated carbocycles. The molecule has 7 heteroatoms. The lowest BCUT2D eigenvalue weighted by molar-refractivity contribution is 0.0787. The Bertz CT molecular complexity index is 974. The van der Waals surface area contributed by atoms with Crippen LogP contribution in [0.5, 0.6) is 11.5 Å². The first-order chi connectivity index (χ1) is 13.7. The molecule has 3 aromatic rings. The van der Waals surface area contributed by atoms with Gasteiger partial charge >= 0.3 is 0 Å². The largest absolute Gasteiger partial charge is 0.486 e. The summed E-state index contributed by atoms with van der Waals surface area (Å²) in [5.41, 5.74) is 1.70. The van der Waals surface area contributed by atoms with E-state index in [-0.39, 0.29) is 12.0 Å². The van der Waals surface area contributed by atoms with E-state index in [0.29, 0.717) is 24.5 Å². The molecule has 0 radical (unpaired) electrons. The average Bonchev–Trinajstić information content (AvgIpc) is 3.15. The van der Waals surface area contributed by atoms with Gasteiger partial charge in [0.1, 0.15) is 12.7 Å². The zero-order valence-electron chi connectivity index (χ0n) is 15.4. The Morgan fingerprint density at radius 3 is 2.82 bits per heavy atom. The summed E-state index contributed by atoms with van der Waals surface area (Å²) in [5, 5.41) is 6.08. The molecule has 0 fully saturated rings. The van der Waals surface area contributed by atoms with Gasteiger partial charge in [0.25, 0.3) is 5.91 Å². The molecular formula is C21H20N2O3S2. The molecule has 1 N–H and O–H groups in total. The number of carbonyl (C=O) groups is 1. The summed E-state index contributed by atoms with van der Waals surface area (Å²) >= 11 is 3.26. The van der Waals surface area contributed by atoms with Crippen LogP contribution in [0, 0.1) is 6.92 Å². The van der Waals surface area contributed by atoms with Gasteiger partial charge in [0.05, 0.1) is 22.8 Å². The summed E-state index contributed by atoms with van der Waals surface area (Å²) in [4.78, 5) is 18.2. The summed E-state index contributed by atoms with van der Waals surface area (Å²) in [5.74, 6) is 2.08. The third-order valence-electron chi connectivity index (χ3n) is 4.23. The molecule has 1 aliphatic heterocycles. The molecule has 4 rings (SSSR count). The Morgan fingerprint density at radius 1 is 1.21 bits per heavy atom. The van der Waals surface area contributed by atoms with Crippen molar-refractivity contribution < 1.29 is 14.3 Å². The highest BCUT2D eigenvalue weighted by Crippen LogP contribution is 2.31. The van der Waals surface area contributed by atoms with Crippen LogP contribution in [0.4, 0.5) is 0 Å². The zero-order chi connectivity index (χ0) is 19.3. The lowest BCUT2D eigenvalue weighted by atomic mass is 10.2. The standard InChI is InChI=1S/C21H20N2O3S2/c1-14-23-15(12-27-14)13-28-20-9-5-2-6-17(20)21(24)22-10-16-11-25-18-7-3-4-8-19(18)26-16/h2-9,12,16H,10-11,13H2,1H3,(H,22,24). The number of nitrogens with one attached hydrogen (secondary N) is 1. The highest BCUT2D eigenvalue weighted by atomic mass is 32.2. The third kappa shape index (κ3) is 4.48. The molecule has 5 nitrogen and oxygen atoms in total. The Kier molecular flexibility index (Phi) is 5.83. The second-order valence-corrected chi connectivity index (χ2v) is 8.43. The van der Waals surface area contributed by atoms with Crippen molar-refractivity contribution in [2.45, 2.75) is 23.7 Å². The number of amides is 1. The summed E-state index contributed by atoms with van der Waals surface area (Å²) in [6.07, 6.45) is -0.211. The Morgan fingerprint density at radius 2 is 2.00 bits per heavy atom. The SMILES string of the molecule is Cc1nc(CSc2ccccc2C(=O)NCC2COc3ccccc3O2)cs1. The van der Waals surface area contributed by atoms with E-state index >= 15 is 0 Å². The third-order valence-corrected chi connectivity index (χ3v) is 6.16. The highest BCUT2D eigenvalue weighted by molar-refractivity contribution is 7.98. The van der Waals surface area contributed by atoms with Crippen LogP contribution in [0.3, 0.4) is 0 Å². The number of aromatic nitrogens is 1. The van der Waals surface area contributed by atoms with Gasteiger partial charge in [-0.1, -0.05) is 24.3 Å². The van der Waals surface area contributed by atoms with Gasteiger partial charge in [-0.2, -0.15) is 0 Å². The van der Waals surface area contributed by atoms with E-state index in [1.54, 1.807) is 23.1 Å². The summed E-state index contributed by atoms with van der Waals surface area (Å²) < 4.78 is 11.6. The van der Waals surface area contributed by atoms with E-state index in [9.17, 15) is 4.79 Å². The van der Waals surface area contributed by atoms with Gasteiger partial charge in [0.2, 0.25) is 0 Å². The predicted molar refractivity (Wildman–Crippen MR) is 112 cm³/mol. The quantitative estimate of drug-likeness (QED) is 0.611. The van der Waals surface area contributed by atoms with Gasteiger partial charge in [-0.3, -0.25) is 4.79 Å². The highest BCUT2D eigenvalue weighted by Gasteiger charge is 2.22. The number of benzene rings is 2. The van der Waals surface area contributed by atoms with E-state index in [0.717, 1.165) is 27.1 Å². The average molecular weight is 413 g/mol. The number of hydrogen-bond donors (Lipinski definition) is 1. The summed E-state index contributed by atoms with van der Waals surface area (Å²) in [6, 6.07) is 15.2. The lowest BCUT2D eigenvalue weighted by Gasteiger charge is -2.26. The van der Waals surface area contributed by atoms with Crippen molar-refractivity contribution in [3.8, 4) is 11.5 Å². The number of fused-ring (bicyclic) bond motifs is 1. The molecule has 2 heterocycles. The second kappa shape index (κ2) is 8.67. The predicted octanol–water partition coefficient (Wildman–Crippen LogP) is 4.31. The van der Waals surface area contributed by atoms with E-state index in [1.807, 2.05) is 55.5 Å². The molecule has 1 unspecified atom stereocenters. The fraction of sp³-hybridized carbons (Fsp3) is 0.238. The number of para-hydroxylation sites is 2. The molecule has 0 bridgehead atoms. The number of thiazole rings is 1. The van der Waals surface area contributed by atoms with Crippen molar-refractivity contribution in [3.05, 3.63) is 70.2 Å². The molecule has 0 spiro atoms. The molecule has 2 aromatic carbocycles. The van der Waals surface area contributed by atoms with Crippen LogP contribution in [-0.4, -0.2) is 30.1 Å². The molecule has 1 amide bonds. The summed E-state index contributed by atoms with van der Waals surface area (Å²) in [6.45, 7) is 2.80. The van der Waals surface area contributed by atoms with Crippen LogP contribution < -0.4 is 14.8 Å². The van der Waals surface area contributed by atoms with Crippen molar-refractivity contribution in [2.24, 2.45) is 0 Å². The minimum absolute atomic E-state index is 0.111. The first-order valence-electron chi connectivity index (χ1n) is 8.98. The first-order valence-corrected chi connectivity index (χ1v) is 10.8. The molecule has 1 aromatic heterocycles. The van der Waals surface area contributed by atoms with Crippen LogP contribution in [0.25, 0.3) is 0 Å². The number of carbonyl (C=O) groups excluding carboxylic acids is 1. The molecule has 28 heavy (non-hydrogen) atoms. The Balaban J connectivity index is 1.36. The Hall–Kier alpha value is -2.51. The van der Waals surface area contributed by atoms with Crippen LogP contribution >= 0.6 is 23.1 Å². The number of rotatable bonds is 6. The molecule has 1 atom stereocenters. The monoisotopic (exact) mass is 412 g/mol. The maximum absolute atomic E-state index is 12.7. The van der Waals surface area contributed by atoms with Crippen LogP contribution in [0.2, 0.25) is 0 Å². The molecule has 1 aliphatic rings. The maximum atomic E-state index is 12.7. The minimum atomic E-state index is -0.211. The van der Waals surface area contributed by atoms with Gasteiger partial charge in [-0.25, -0.2) is 4.98 Å². The van der Waals surface area contributed by atoms with Crippen molar-refractivity contribution in [1.29, 1.82) is 0 Å². The van der Waals surface area contributed by atoms with Gasteiger partial charge in [0, 0.05) is 16.0 Å². The number of nitrogens with zero attached hydrogens (tertiary/aromatic N) is 1. The summed E-state index contributed by atoms with van der Waals surface area (Å²) in [7, 11) is 0. The van der Waals surface area contributed by atoms with Crippen molar-refractivity contribution in [1.82, 2.24) is 10.3 Å². The van der Waals surface area contributed by atoms with E-state index in [2.05, 4.69) is 15.7 Å². The number of ether oxygens (including phenoxy) is 2. The molecule has 144 valence electrons. The fourth-order valence-corrected chi connectivity index (χ4v) is 4.53. The molecule has 0 aliphatic carbocycles. The first kappa shape index (κ1) is 18.8. The molecule has 0 saturated heterocycles. The van der Waals surface area contributed by atoms with Gasteiger partial charge in [-0.15, -0.1) is 23.1 Å². The number of thioether (sulfide) groups is 1. The number of aryl methyl sites for hydroxylation is 1. The van der Waals surface area contributed by atoms with Crippen LogP contribution in [0.1, 0.15) is 21.1 Å².